The van der Waals surface area contributed by atoms with Crippen LogP contribution in [0.25, 0.3) is 10.9 Å². The Kier molecular flexibility index (Phi) is 24.4. The van der Waals surface area contributed by atoms with Crippen molar-refractivity contribution in [1.82, 2.24) is 57.5 Å². The van der Waals surface area contributed by atoms with Crippen LogP contribution in [0.15, 0.2) is 48.0 Å². The zero-order valence-corrected chi connectivity index (χ0v) is 43.0. The SMILES string of the molecule is CC(C)C[C@H](NC(=O)[C@@H](N)CC(C)C)C(=O)NCC(=O)N[C@@H](Cc1c[nH]c2ccccc12)C(=O)N[C@@H](CCCN=C(N)N)C(=O)N[C@@H](C)C(=O)N[C@@H](CO)C(=O)N[C@H](C(=O)N[C@@H](Cc1cnc[nH]1)C(=O)O)C(C)C. The van der Waals surface area contributed by atoms with Crippen LogP contribution in [0.1, 0.15) is 85.4 Å². The first-order valence-corrected chi connectivity index (χ1v) is 24.5. The maximum absolute atomic E-state index is 14.3. The summed E-state index contributed by atoms with van der Waals surface area (Å²) in [5.41, 5.74) is 18.9. The lowest BCUT2D eigenvalue weighted by atomic mass is 10.0. The van der Waals surface area contributed by atoms with Crippen LogP contribution in [0.5, 0.6) is 0 Å². The van der Waals surface area contributed by atoms with E-state index in [0.29, 0.717) is 17.7 Å². The van der Waals surface area contributed by atoms with Crippen LogP contribution < -0.4 is 59.7 Å². The number of aromatic nitrogens is 3. The van der Waals surface area contributed by atoms with E-state index in [1.54, 1.807) is 26.1 Å². The number of carboxylic acids is 1. The number of nitrogens with two attached hydrogens (primary N) is 3. The molecule has 3 rings (SSSR count). The van der Waals surface area contributed by atoms with E-state index in [0.717, 1.165) is 10.9 Å². The second-order valence-electron chi connectivity index (χ2n) is 19.2. The number of aliphatic imine (C=N–C) groups is 1. The number of hydrogen-bond acceptors (Lipinski definition) is 13. The molecular weight excluding hydrogens is 963 g/mol. The number of carbonyl (C=O) groups excluding carboxylic acids is 8. The molecule has 74 heavy (non-hydrogen) atoms. The van der Waals surface area contributed by atoms with Gasteiger partial charge in [0.2, 0.25) is 47.3 Å². The minimum absolute atomic E-state index is 0.0252. The lowest BCUT2D eigenvalue weighted by Crippen LogP contribution is -2.60. The first-order valence-electron chi connectivity index (χ1n) is 24.5. The molecule has 3 aromatic rings. The third-order valence-electron chi connectivity index (χ3n) is 11.6. The maximum atomic E-state index is 14.3. The zero-order valence-electron chi connectivity index (χ0n) is 43.0. The molecule has 0 saturated carbocycles. The summed E-state index contributed by atoms with van der Waals surface area (Å²) < 4.78 is 0. The van der Waals surface area contributed by atoms with E-state index in [9.17, 15) is 53.4 Å². The molecule has 0 aliphatic heterocycles. The minimum atomic E-state index is -1.64. The number of carboxylic acid groups (broad SMARTS) is 1. The quantitative estimate of drug-likeness (QED) is 0.0179. The van der Waals surface area contributed by atoms with Gasteiger partial charge in [-0.2, -0.15) is 0 Å². The fraction of sp³-hybridized carbons (Fsp3) is 0.562. The topological polar surface area (TPSA) is 425 Å². The molecule has 0 spiro atoms. The number of carbonyl (C=O) groups is 9. The summed E-state index contributed by atoms with van der Waals surface area (Å²) in [6.45, 7) is 10.5. The first kappa shape index (κ1) is 60.7. The number of para-hydroxylation sites is 1. The molecule has 0 unspecified atom stereocenters. The number of aliphatic hydroxyl groups is 1. The molecule has 8 amide bonds. The molecule has 0 saturated heterocycles. The van der Waals surface area contributed by atoms with E-state index in [1.807, 2.05) is 45.9 Å². The van der Waals surface area contributed by atoms with Gasteiger partial charge in [-0.1, -0.05) is 59.7 Å². The smallest absolute Gasteiger partial charge is 0.326 e. The molecule has 0 bridgehead atoms. The Morgan fingerprint density at radius 2 is 1.30 bits per heavy atom. The van der Waals surface area contributed by atoms with Gasteiger partial charge in [-0.15, -0.1) is 0 Å². The summed E-state index contributed by atoms with van der Waals surface area (Å²) >= 11 is 0. The molecule has 408 valence electrons. The highest BCUT2D eigenvalue weighted by atomic mass is 16.4. The van der Waals surface area contributed by atoms with Crippen LogP contribution in [0.4, 0.5) is 0 Å². The van der Waals surface area contributed by atoms with Gasteiger partial charge in [0.25, 0.3) is 0 Å². The lowest BCUT2D eigenvalue weighted by molar-refractivity contribution is -0.142. The van der Waals surface area contributed by atoms with Gasteiger partial charge in [-0.3, -0.25) is 43.3 Å². The number of guanidine groups is 1. The summed E-state index contributed by atoms with van der Waals surface area (Å²) in [6.07, 6.45) is 4.88. The Labute approximate surface area is 429 Å². The van der Waals surface area contributed by atoms with E-state index >= 15 is 0 Å². The number of aromatic amines is 2. The third kappa shape index (κ3) is 20.1. The van der Waals surface area contributed by atoms with Crippen LogP contribution in [-0.4, -0.2) is 152 Å². The Balaban J connectivity index is 1.79. The van der Waals surface area contributed by atoms with Gasteiger partial charge in [-0.25, -0.2) is 9.78 Å². The molecule has 2 heterocycles. The van der Waals surface area contributed by atoms with Gasteiger partial charge in [0.1, 0.15) is 42.3 Å². The number of rotatable bonds is 31. The summed E-state index contributed by atoms with van der Waals surface area (Å²) in [4.78, 5) is 134. The van der Waals surface area contributed by atoms with Gasteiger partial charge >= 0.3 is 5.97 Å². The predicted octanol–water partition coefficient (Wildman–Crippen LogP) is -2.59. The highest BCUT2D eigenvalue weighted by Gasteiger charge is 2.34. The van der Waals surface area contributed by atoms with Gasteiger partial charge in [0.05, 0.1) is 25.5 Å². The number of nitrogens with one attached hydrogen (secondary N) is 10. The molecule has 26 heteroatoms. The first-order chi connectivity index (χ1) is 34.9. The highest BCUT2D eigenvalue weighted by molar-refractivity contribution is 5.98. The number of aliphatic hydroxyl groups excluding tert-OH is 1. The second kappa shape index (κ2) is 29.8. The number of hydrogen-bond donors (Lipinski definition) is 15. The number of aliphatic carboxylic acids is 1. The Hall–Kier alpha value is -7.61. The van der Waals surface area contributed by atoms with Crippen molar-refractivity contribution < 1.29 is 53.4 Å². The largest absolute Gasteiger partial charge is 0.480 e. The van der Waals surface area contributed by atoms with Crippen LogP contribution in [0, 0.1) is 17.8 Å². The van der Waals surface area contributed by atoms with Crippen molar-refractivity contribution in [3.8, 4) is 0 Å². The van der Waals surface area contributed by atoms with Gasteiger partial charge in [-0.05, 0) is 62.0 Å². The Bertz CT molecular complexity index is 2400. The van der Waals surface area contributed by atoms with Crippen molar-refractivity contribution in [1.29, 1.82) is 0 Å². The molecule has 2 aromatic heterocycles. The summed E-state index contributed by atoms with van der Waals surface area (Å²) in [7, 11) is 0. The average molecular weight is 1040 g/mol. The van der Waals surface area contributed by atoms with Crippen LogP contribution in [-0.2, 0) is 56.0 Å². The van der Waals surface area contributed by atoms with Crippen molar-refractivity contribution in [2.45, 2.75) is 135 Å². The monoisotopic (exact) mass is 1040 g/mol. The highest BCUT2D eigenvalue weighted by Crippen LogP contribution is 2.20. The Morgan fingerprint density at radius 1 is 0.676 bits per heavy atom. The molecule has 8 atom stereocenters. The van der Waals surface area contributed by atoms with Crippen molar-refractivity contribution in [2.24, 2.45) is 39.9 Å². The van der Waals surface area contributed by atoms with E-state index in [2.05, 4.69) is 62.5 Å². The van der Waals surface area contributed by atoms with E-state index < -0.39 is 121 Å². The summed E-state index contributed by atoms with van der Waals surface area (Å²) in [5, 5.41) is 40.9. The summed E-state index contributed by atoms with van der Waals surface area (Å²) in [6, 6.07) is -3.09. The number of nitrogens with zero attached hydrogens (tertiary/aromatic N) is 2. The molecule has 18 N–H and O–H groups in total. The molecule has 0 radical (unpaired) electrons. The van der Waals surface area contributed by atoms with Crippen molar-refractivity contribution >= 4 is 70.1 Å². The molecular formula is C48H75N15O11. The number of fused-ring (bicyclic) bond motifs is 1. The average Bonchev–Trinajstić information content (AvgIpc) is 4.01. The van der Waals surface area contributed by atoms with Crippen molar-refractivity contribution in [3.63, 3.8) is 0 Å². The standard InChI is InChI=1S/C48H75N15O11/c1-24(2)15-31(49)41(67)60-34(16-25(3)4)42(68)55-21-38(65)58-35(17-28-19-54-32-12-9-8-11-30(28)32)44(70)59-33(13-10-14-53-48(50)51)43(69)57-27(7)40(66)62-37(22-64)45(71)63-39(26(5)6)46(72)61-36(47(73)74)18-29-20-52-23-56-29/h8-9,11-12,19-20,23-27,31,33-37,39,54,64H,10,13-18,21-22,49H2,1-7H3,(H,52,56)(H,55,68)(H,57,69)(H,58,65)(H,59,70)(H,60,67)(H,61,72)(H,62,66)(H,63,71)(H,73,74)(H4,50,51,53)/t27-,31-,33-,34-,35-,36-,37-,39-/m0/s1. The second-order valence-corrected chi connectivity index (χ2v) is 19.2. The normalized spacial score (nSPS) is 14.5. The maximum Gasteiger partial charge on any atom is 0.326 e. The van der Waals surface area contributed by atoms with E-state index in [1.165, 1.54) is 19.4 Å². The van der Waals surface area contributed by atoms with Crippen LogP contribution in [0.3, 0.4) is 0 Å². The number of amides is 8. The number of benzene rings is 1. The van der Waals surface area contributed by atoms with E-state index in [-0.39, 0.29) is 56.4 Å². The molecule has 0 fully saturated rings. The zero-order chi connectivity index (χ0) is 55.2. The fourth-order valence-corrected chi connectivity index (χ4v) is 7.64. The Morgan fingerprint density at radius 3 is 1.91 bits per heavy atom. The molecule has 1 aromatic carbocycles. The van der Waals surface area contributed by atoms with Gasteiger partial charge in [0, 0.05) is 48.4 Å². The van der Waals surface area contributed by atoms with Crippen LogP contribution >= 0.6 is 0 Å². The third-order valence-corrected chi connectivity index (χ3v) is 11.6. The number of imidazole rings is 1. The molecule has 26 nitrogen and oxygen atoms in total. The van der Waals surface area contributed by atoms with Crippen molar-refractivity contribution in [2.75, 3.05) is 19.7 Å². The lowest BCUT2D eigenvalue weighted by Gasteiger charge is -2.27. The predicted molar refractivity (Wildman–Crippen MR) is 273 cm³/mol. The van der Waals surface area contributed by atoms with E-state index in [4.69, 9.17) is 17.2 Å². The summed E-state index contributed by atoms with van der Waals surface area (Å²) in [5.74, 6) is -8.47. The molecule has 0 aliphatic carbocycles. The minimum Gasteiger partial charge on any atom is -0.480 e. The van der Waals surface area contributed by atoms with Crippen molar-refractivity contribution in [3.05, 3.63) is 54.2 Å². The molecule has 0 aliphatic rings. The van der Waals surface area contributed by atoms with Gasteiger partial charge < -0.3 is 79.9 Å². The fourth-order valence-electron chi connectivity index (χ4n) is 7.64. The number of H-pyrrole nitrogens is 2. The van der Waals surface area contributed by atoms with Gasteiger partial charge in [0.15, 0.2) is 5.96 Å². The van der Waals surface area contributed by atoms with Crippen LogP contribution in [0.2, 0.25) is 0 Å².